The zero-order chi connectivity index (χ0) is 15.7. The van der Waals surface area contributed by atoms with Gasteiger partial charge in [0.15, 0.2) is 0 Å². The summed E-state index contributed by atoms with van der Waals surface area (Å²) in [7, 11) is 0. The third-order valence-electron chi connectivity index (χ3n) is 3.86. The van der Waals surface area contributed by atoms with Crippen molar-refractivity contribution < 1.29 is 19.8 Å². The van der Waals surface area contributed by atoms with Gasteiger partial charge in [-0.25, -0.2) is 5.01 Å². The molecule has 0 aromatic heterocycles. The van der Waals surface area contributed by atoms with E-state index in [0.717, 1.165) is 22.0 Å². The molecular formula is C16H16N2O4. The first-order valence-corrected chi connectivity index (χ1v) is 7.03. The molecule has 0 aliphatic carbocycles. The van der Waals surface area contributed by atoms with Gasteiger partial charge in [0.05, 0.1) is 5.69 Å². The molecule has 0 bridgehead atoms. The highest BCUT2D eigenvalue weighted by Gasteiger charge is 2.28. The van der Waals surface area contributed by atoms with Crippen molar-refractivity contribution in [2.24, 2.45) is 0 Å². The monoisotopic (exact) mass is 300 g/mol. The summed E-state index contributed by atoms with van der Waals surface area (Å²) in [6, 6.07) is 11.7. The van der Waals surface area contributed by atoms with E-state index in [0.29, 0.717) is 13.0 Å². The normalized spacial score (nSPS) is 14.8. The summed E-state index contributed by atoms with van der Waals surface area (Å²) in [5.41, 5.74) is 1.84. The molecule has 0 unspecified atom stereocenters. The smallest absolute Gasteiger partial charge is 0.324 e. The minimum Gasteiger partial charge on any atom is -0.480 e. The summed E-state index contributed by atoms with van der Waals surface area (Å²) < 4.78 is 0. The molecule has 2 aromatic rings. The Morgan fingerprint density at radius 2 is 1.73 bits per heavy atom. The number of carboxylic acid groups (broad SMARTS) is 2. The molecule has 3 rings (SSSR count). The van der Waals surface area contributed by atoms with Gasteiger partial charge in [0, 0.05) is 6.54 Å². The number of carbonyl (C=O) groups is 2. The fourth-order valence-electron chi connectivity index (χ4n) is 2.98. The second-order valence-corrected chi connectivity index (χ2v) is 5.27. The second-order valence-electron chi connectivity index (χ2n) is 5.27. The van der Waals surface area contributed by atoms with Crippen molar-refractivity contribution in [3.05, 3.63) is 42.0 Å². The maximum atomic E-state index is 11.2. The zero-order valence-corrected chi connectivity index (χ0v) is 11.9. The molecule has 0 radical (unpaired) electrons. The second kappa shape index (κ2) is 5.65. The Balaban J connectivity index is 2.08. The number of rotatable bonds is 4. The lowest BCUT2D eigenvalue weighted by atomic mass is 9.98. The van der Waals surface area contributed by atoms with E-state index in [2.05, 4.69) is 0 Å². The first-order chi connectivity index (χ1) is 10.6. The average Bonchev–Trinajstić information content (AvgIpc) is 2.48. The minimum atomic E-state index is -0.989. The van der Waals surface area contributed by atoms with Crippen LogP contribution in [0.25, 0.3) is 10.8 Å². The van der Waals surface area contributed by atoms with Gasteiger partial charge in [-0.2, -0.15) is 0 Å². The van der Waals surface area contributed by atoms with Crippen LogP contribution in [0.4, 0.5) is 5.69 Å². The summed E-state index contributed by atoms with van der Waals surface area (Å²) in [4.78, 5) is 22.2. The van der Waals surface area contributed by atoms with Crippen LogP contribution in [-0.2, 0) is 16.0 Å². The van der Waals surface area contributed by atoms with Crippen molar-refractivity contribution in [1.29, 1.82) is 0 Å². The van der Waals surface area contributed by atoms with E-state index in [9.17, 15) is 9.59 Å². The number of carboxylic acids is 2. The zero-order valence-electron chi connectivity index (χ0n) is 11.9. The van der Waals surface area contributed by atoms with Gasteiger partial charge in [-0.1, -0.05) is 30.3 Å². The molecule has 6 heteroatoms. The van der Waals surface area contributed by atoms with Gasteiger partial charge >= 0.3 is 11.9 Å². The lowest BCUT2D eigenvalue weighted by Gasteiger charge is -2.40. The predicted octanol–water partition coefficient (Wildman–Crippen LogP) is 1.59. The van der Waals surface area contributed by atoms with E-state index in [1.54, 1.807) is 10.0 Å². The van der Waals surface area contributed by atoms with Crippen LogP contribution < -0.4 is 5.01 Å². The molecule has 0 saturated carbocycles. The van der Waals surface area contributed by atoms with Crippen molar-refractivity contribution in [1.82, 2.24) is 5.01 Å². The van der Waals surface area contributed by atoms with Crippen LogP contribution in [0, 0.1) is 0 Å². The van der Waals surface area contributed by atoms with Crippen molar-refractivity contribution in [3.8, 4) is 0 Å². The van der Waals surface area contributed by atoms with Gasteiger partial charge in [0.25, 0.3) is 0 Å². The van der Waals surface area contributed by atoms with Crippen LogP contribution in [0.5, 0.6) is 0 Å². The van der Waals surface area contributed by atoms with Gasteiger partial charge in [0.1, 0.15) is 13.1 Å². The average molecular weight is 300 g/mol. The molecule has 114 valence electrons. The Bertz CT molecular complexity index is 744. The van der Waals surface area contributed by atoms with Crippen LogP contribution >= 0.6 is 0 Å². The quantitative estimate of drug-likeness (QED) is 0.892. The van der Waals surface area contributed by atoms with Crippen LogP contribution in [0.2, 0.25) is 0 Å². The molecule has 0 saturated heterocycles. The molecule has 1 heterocycles. The first kappa shape index (κ1) is 14.3. The summed E-state index contributed by atoms with van der Waals surface area (Å²) in [5, 5.41) is 23.5. The van der Waals surface area contributed by atoms with Crippen molar-refractivity contribution in [3.63, 3.8) is 0 Å². The number of hydrogen-bond donors (Lipinski definition) is 2. The van der Waals surface area contributed by atoms with Crippen LogP contribution in [0.15, 0.2) is 36.4 Å². The molecule has 2 aromatic carbocycles. The van der Waals surface area contributed by atoms with Gasteiger partial charge in [-0.3, -0.25) is 14.6 Å². The number of hydrogen-bond acceptors (Lipinski definition) is 4. The highest BCUT2D eigenvalue weighted by Crippen LogP contribution is 2.33. The van der Waals surface area contributed by atoms with Gasteiger partial charge in [-0.05, 0) is 28.8 Å². The molecule has 2 N–H and O–H groups in total. The summed E-state index contributed by atoms with van der Waals surface area (Å²) in [6.45, 7) is 0.0265. The topological polar surface area (TPSA) is 81.1 Å². The molecule has 0 atom stereocenters. The van der Waals surface area contributed by atoms with Gasteiger partial charge in [-0.15, -0.1) is 0 Å². The van der Waals surface area contributed by atoms with E-state index < -0.39 is 11.9 Å². The van der Waals surface area contributed by atoms with Gasteiger partial charge < -0.3 is 10.2 Å². The maximum absolute atomic E-state index is 11.2. The molecule has 6 nitrogen and oxygen atoms in total. The number of fused-ring (bicyclic) bond motifs is 3. The largest absolute Gasteiger partial charge is 0.480 e. The van der Waals surface area contributed by atoms with E-state index in [-0.39, 0.29) is 13.1 Å². The Morgan fingerprint density at radius 1 is 1.00 bits per heavy atom. The molecule has 22 heavy (non-hydrogen) atoms. The highest BCUT2D eigenvalue weighted by atomic mass is 16.4. The third-order valence-corrected chi connectivity index (χ3v) is 3.86. The van der Waals surface area contributed by atoms with E-state index in [1.807, 2.05) is 36.4 Å². The Morgan fingerprint density at radius 3 is 2.45 bits per heavy atom. The first-order valence-electron chi connectivity index (χ1n) is 7.03. The predicted molar refractivity (Wildman–Crippen MR) is 81.8 cm³/mol. The van der Waals surface area contributed by atoms with Crippen molar-refractivity contribution in [2.45, 2.75) is 6.42 Å². The lowest BCUT2D eigenvalue weighted by molar-refractivity contribution is -0.140. The van der Waals surface area contributed by atoms with Crippen molar-refractivity contribution >= 4 is 28.4 Å². The molecule has 1 aliphatic rings. The third kappa shape index (κ3) is 2.60. The lowest BCUT2D eigenvalue weighted by Crippen LogP contribution is -2.51. The fourth-order valence-corrected chi connectivity index (χ4v) is 2.98. The summed E-state index contributed by atoms with van der Waals surface area (Å²) in [6.07, 6.45) is 0.695. The fraction of sp³-hybridized carbons (Fsp3) is 0.250. The molecule has 1 aliphatic heterocycles. The molecule has 0 spiro atoms. The number of hydrazine groups is 1. The molecule has 0 fully saturated rings. The van der Waals surface area contributed by atoms with Crippen LogP contribution in [0.3, 0.4) is 0 Å². The minimum absolute atomic E-state index is 0.209. The number of benzene rings is 2. The summed E-state index contributed by atoms with van der Waals surface area (Å²) >= 11 is 0. The van der Waals surface area contributed by atoms with E-state index in [4.69, 9.17) is 10.2 Å². The molecule has 0 amide bonds. The van der Waals surface area contributed by atoms with Gasteiger partial charge in [0.2, 0.25) is 0 Å². The SMILES string of the molecule is O=C(O)CN1CCc2c(ccc3ccccc23)N1CC(=O)O. The molecular weight excluding hydrogens is 284 g/mol. The Hall–Kier alpha value is -2.60. The standard InChI is InChI=1S/C16H16N2O4/c19-15(20)9-17-8-7-13-12-4-2-1-3-11(12)5-6-14(13)18(17)10-16(21)22/h1-6H,7-10H2,(H,19,20)(H,21,22). The van der Waals surface area contributed by atoms with E-state index in [1.165, 1.54) is 0 Å². The maximum Gasteiger partial charge on any atom is 0.324 e. The summed E-state index contributed by atoms with van der Waals surface area (Å²) in [5.74, 6) is -1.96. The Labute approximate surface area is 127 Å². The number of aliphatic carboxylic acids is 2. The van der Waals surface area contributed by atoms with Crippen molar-refractivity contribution in [2.75, 3.05) is 24.6 Å². The number of anilines is 1. The number of nitrogens with zero attached hydrogens (tertiary/aromatic N) is 2. The van der Waals surface area contributed by atoms with Crippen LogP contribution in [0.1, 0.15) is 5.56 Å². The highest BCUT2D eigenvalue weighted by molar-refractivity contribution is 5.91. The van der Waals surface area contributed by atoms with Crippen LogP contribution in [-0.4, -0.2) is 46.8 Å². The Kier molecular flexibility index (Phi) is 3.68. The van der Waals surface area contributed by atoms with E-state index >= 15 is 0 Å².